The molecule has 1 aliphatic rings. The van der Waals surface area contributed by atoms with Gasteiger partial charge >= 0.3 is 0 Å². The summed E-state index contributed by atoms with van der Waals surface area (Å²) < 4.78 is 0. The molecule has 67 heavy (non-hydrogen) atoms. The smallest absolute Gasteiger partial charge is 0.0543 e. The van der Waals surface area contributed by atoms with E-state index in [4.69, 9.17) is 0 Å². The first-order valence-electron chi connectivity index (χ1n) is 23.3. The van der Waals surface area contributed by atoms with Gasteiger partial charge < -0.3 is 4.90 Å². The van der Waals surface area contributed by atoms with E-state index in [0.717, 1.165) is 17.1 Å². The van der Waals surface area contributed by atoms with Crippen molar-refractivity contribution in [3.05, 3.63) is 271 Å². The molecule has 1 aliphatic carbocycles. The average molecular weight is 852 g/mol. The first kappa shape index (κ1) is 38.9. The Morgan fingerprint density at radius 2 is 0.836 bits per heavy atom. The van der Waals surface area contributed by atoms with Gasteiger partial charge in [-0.2, -0.15) is 0 Å². The minimum Gasteiger partial charge on any atom is -0.310 e. The Morgan fingerprint density at radius 1 is 0.299 bits per heavy atom. The van der Waals surface area contributed by atoms with Crippen LogP contribution in [0.1, 0.15) is 23.6 Å². The molecule has 13 rings (SSSR count). The van der Waals surface area contributed by atoms with E-state index in [0.29, 0.717) is 0 Å². The highest BCUT2D eigenvalue weighted by atomic mass is 15.1. The van der Waals surface area contributed by atoms with Gasteiger partial charge in [-0.25, -0.2) is 0 Å². The van der Waals surface area contributed by atoms with Crippen molar-refractivity contribution in [3.63, 3.8) is 0 Å². The predicted octanol–water partition coefficient (Wildman–Crippen LogP) is 18.1. The lowest BCUT2D eigenvalue weighted by Crippen LogP contribution is -2.22. The molecule has 0 amide bonds. The third-order valence-electron chi connectivity index (χ3n) is 14.5. The Hall–Kier alpha value is -8.52. The first-order valence-corrected chi connectivity index (χ1v) is 23.3. The second-order valence-corrected chi connectivity index (χ2v) is 18.1. The summed E-state index contributed by atoms with van der Waals surface area (Å²) in [6, 6.07) is 94.1. The topological polar surface area (TPSA) is 3.24 Å². The van der Waals surface area contributed by atoms with Gasteiger partial charge in [0.05, 0.1) is 5.69 Å². The Balaban J connectivity index is 1.01. The van der Waals surface area contributed by atoms with Crippen LogP contribution < -0.4 is 4.90 Å². The third-order valence-corrected chi connectivity index (χ3v) is 14.5. The summed E-state index contributed by atoms with van der Waals surface area (Å²) in [7, 11) is 0. The number of anilines is 3. The number of hydrogen-bond acceptors (Lipinski definition) is 1. The van der Waals surface area contributed by atoms with Crippen molar-refractivity contribution in [3.8, 4) is 44.5 Å². The van der Waals surface area contributed by atoms with Gasteiger partial charge in [0.2, 0.25) is 0 Å². The Bertz CT molecular complexity index is 3850. The summed E-state index contributed by atoms with van der Waals surface area (Å²) in [6.45, 7) is 2.40. The Kier molecular flexibility index (Phi) is 9.05. The number of nitrogens with zero attached hydrogens (tertiary/aromatic N) is 1. The lowest BCUT2D eigenvalue weighted by atomic mass is 9.74. The van der Waals surface area contributed by atoms with Crippen LogP contribution in [0.3, 0.4) is 0 Å². The number of fused-ring (bicyclic) bond motifs is 9. The minimum atomic E-state index is -0.318. The molecular formula is C66H45N. The van der Waals surface area contributed by atoms with Crippen molar-refractivity contribution in [2.24, 2.45) is 0 Å². The van der Waals surface area contributed by atoms with Crippen LogP contribution in [0.4, 0.5) is 17.1 Å². The second-order valence-electron chi connectivity index (χ2n) is 18.1. The number of rotatable bonds is 7. The number of hydrogen-bond donors (Lipinski definition) is 0. The van der Waals surface area contributed by atoms with E-state index in [2.05, 4.69) is 267 Å². The van der Waals surface area contributed by atoms with Gasteiger partial charge in [0.25, 0.3) is 0 Å². The fourth-order valence-electron chi connectivity index (χ4n) is 11.3. The van der Waals surface area contributed by atoms with Gasteiger partial charge in [-0.05, 0) is 142 Å². The van der Waals surface area contributed by atoms with Crippen LogP contribution in [-0.4, -0.2) is 0 Å². The predicted molar refractivity (Wildman–Crippen MR) is 285 cm³/mol. The quantitative estimate of drug-likeness (QED) is 0.144. The maximum Gasteiger partial charge on any atom is 0.0543 e. The van der Waals surface area contributed by atoms with Crippen LogP contribution in [0, 0.1) is 0 Å². The van der Waals surface area contributed by atoms with Gasteiger partial charge in [-0.15, -0.1) is 0 Å². The molecule has 314 valence electrons. The largest absolute Gasteiger partial charge is 0.310 e. The molecule has 1 heteroatoms. The lowest BCUT2D eigenvalue weighted by molar-refractivity contribution is 0.714. The van der Waals surface area contributed by atoms with Crippen LogP contribution in [0.15, 0.2) is 255 Å². The van der Waals surface area contributed by atoms with Crippen molar-refractivity contribution >= 4 is 60.2 Å². The van der Waals surface area contributed by atoms with Gasteiger partial charge in [0, 0.05) is 22.4 Å². The van der Waals surface area contributed by atoms with Gasteiger partial charge in [-0.3, -0.25) is 0 Å². The van der Waals surface area contributed by atoms with Gasteiger partial charge in [0.1, 0.15) is 0 Å². The summed E-state index contributed by atoms with van der Waals surface area (Å²) in [5.41, 5.74) is 16.9. The summed E-state index contributed by atoms with van der Waals surface area (Å²) in [5.74, 6) is 0. The minimum absolute atomic E-state index is 0.318. The monoisotopic (exact) mass is 851 g/mol. The molecule has 0 fully saturated rings. The molecule has 0 aliphatic heterocycles. The Labute approximate surface area is 391 Å². The Morgan fingerprint density at radius 3 is 1.60 bits per heavy atom. The molecule has 0 N–H and O–H groups in total. The molecule has 0 radical (unpaired) electrons. The molecule has 0 saturated carbocycles. The van der Waals surface area contributed by atoms with Gasteiger partial charge in [0.15, 0.2) is 0 Å². The zero-order chi connectivity index (χ0) is 44.5. The van der Waals surface area contributed by atoms with Crippen LogP contribution in [0.2, 0.25) is 0 Å². The molecule has 0 bridgehead atoms. The second kappa shape index (κ2) is 15.6. The SMILES string of the molecule is CC1(c2ccccc2)c2ccccc2-c2c(N(c3ccc(-c4ccc5c(c4)c(-c4ccccc4)c(-c4ccccc4)c4ccccc45)cc3)c3ccc4c(ccc5ccccc54)c3)cccc21. The molecular weight excluding hydrogens is 807 g/mol. The summed E-state index contributed by atoms with van der Waals surface area (Å²) in [5, 5.41) is 10.0. The molecule has 0 aromatic heterocycles. The van der Waals surface area contributed by atoms with Crippen LogP contribution >= 0.6 is 0 Å². The third kappa shape index (κ3) is 6.16. The van der Waals surface area contributed by atoms with Gasteiger partial charge in [-0.1, -0.05) is 218 Å². The highest BCUT2D eigenvalue weighted by Gasteiger charge is 2.42. The fraction of sp³-hybridized carbons (Fsp3) is 0.0303. The first-order chi connectivity index (χ1) is 33.1. The van der Waals surface area contributed by atoms with Crippen LogP contribution in [0.25, 0.3) is 87.6 Å². The molecule has 1 unspecified atom stereocenters. The summed E-state index contributed by atoms with van der Waals surface area (Å²) >= 11 is 0. The van der Waals surface area contributed by atoms with E-state index in [1.54, 1.807) is 0 Å². The zero-order valence-corrected chi connectivity index (χ0v) is 37.2. The maximum absolute atomic E-state index is 2.48. The van der Waals surface area contributed by atoms with E-state index < -0.39 is 0 Å². The molecule has 0 saturated heterocycles. The summed E-state index contributed by atoms with van der Waals surface area (Å²) in [4.78, 5) is 2.48. The van der Waals surface area contributed by atoms with E-state index >= 15 is 0 Å². The highest BCUT2D eigenvalue weighted by molar-refractivity contribution is 6.22. The maximum atomic E-state index is 2.48. The van der Waals surface area contributed by atoms with Crippen molar-refractivity contribution in [2.75, 3.05) is 4.90 Å². The molecule has 0 spiro atoms. The van der Waals surface area contributed by atoms with Crippen molar-refractivity contribution < 1.29 is 0 Å². The molecule has 12 aromatic carbocycles. The molecule has 12 aromatic rings. The standard InChI is InChI=1S/C66H45N/c1-66(50-23-9-4-10-24-50)60-29-16-15-28-58(60)65-61(66)30-17-31-62(65)67(52-39-41-54-49(42-52)33-32-45-18-11-12-25-53(45)54)51-37-34-44(35-38-51)48-36-40-56-55-26-13-14-27-57(55)63(46-19-5-2-6-20-46)64(59(56)43-48)47-21-7-3-8-22-47/h2-43H,1H3. The molecule has 0 heterocycles. The van der Waals surface area contributed by atoms with Crippen LogP contribution in [0.5, 0.6) is 0 Å². The lowest BCUT2D eigenvalue weighted by Gasteiger charge is -2.30. The average Bonchev–Trinajstić information content (AvgIpc) is 3.67. The molecule has 1 nitrogen and oxygen atoms in total. The van der Waals surface area contributed by atoms with Crippen molar-refractivity contribution in [1.82, 2.24) is 0 Å². The van der Waals surface area contributed by atoms with E-state index in [9.17, 15) is 0 Å². The van der Waals surface area contributed by atoms with E-state index in [1.165, 1.54) is 104 Å². The van der Waals surface area contributed by atoms with E-state index in [-0.39, 0.29) is 5.41 Å². The normalized spacial score (nSPS) is 14.1. The zero-order valence-electron chi connectivity index (χ0n) is 37.2. The van der Waals surface area contributed by atoms with Crippen molar-refractivity contribution in [2.45, 2.75) is 12.3 Å². The van der Waals surface area contributed by atoms with E-state index in [1.807, 2.05) is 0 Å². The fourth-order valence-corrected chi connectivity index (χ4v) is 11.3. The van der Waals surface area contributed by atoms with Crippen LogP contribution in [-0.2, 0) is 5.41 Å². The molecule has 1 atom stereocenters. The summed E-state index contributed by atoms with van der Waals surface area (Å²) in [6.07, 6.45) is 0. The highest BCUT2D eigenvalue weighted by Crippen LogP contribution is 2.57. The number of benzene rings is 12. The van der Waals surface area contributed by atoms with Crippen molar-refractivity contribution in [1.29, 1.82) is 0 Å².